The first-order valence-electron chi connectivity index (χ1n) is 7.09. The number of carbonyl (C=O) groups is 1. The van der Waals surface area contributed by atoms with Crippen molar-refractivity contribution < 1.29 is 24.2 Å². The minimum Gasteiger partial charge on any atom is -0.738 e. The molecule has 9 nitrogen and oxygen atoms in total. The Kier molecular flexibility index (Phi) is 4.32. The van der Waals surface area contributed by atoms with E-state index in [4.69, 9.17) is 32.7 Å². The second kappa shape index (κ2) is 6.42. The molecule has 24 heavy (non-hydrogen) atoms. The molecule has 0 radical (unpaired) electrons. The lowest BCUT2D eigenvalue weighted by molar-refractivity contribution is 0.0693. The maximum atomic E-state index is 11.1. The highest BCUT2D eigenvalue weighted by molar-refractivity contribution is 7.58. The zero-order chi connectivity index (χ0) is 17.3. The van der Waals surface area contributed by atoms with Gasteiger partial charge in [0.15, 0.2) is 0 Å². The summed E-state index contributed by atoms with van der Waals surface area (Å²) >= 11 is 5.20. The Morgan fingerprint density at radius 1 is 1.33 bits per heavy atom. The predicted octanol–water partition coefficient (Wildman–Crippen LogP) is 0.173. The lowest BCUT2D eigenvalue weighted by atomic mass is 10.2. The highest BCUT2D eigenvalue weighted by Crippen LogP contribution is 2.24. The van der Waals surface area contributed by atoms with Crippen LogP contribution in [0.2, 0.25) is 0 Å². The third-order valence-electron chi connectivity index (χ3n) is 3.55. The number of morpholine rings is 1. The van der Waals surface area contributed by atoms with Crippen molar-refractivity contribution in [3.05, 3.63) is 29.4 Å². The van der Waals surface area contributed by atoms with Gasteiger partial charge in [0.2, 0.25) is 0 Å². The third kappa shape index (κ3) is 3.01. The monoisotopic (exact) mass is 351 g/mol. The van der Waals surface area contributed by atoms with Crippen LogP contribution < -0.4 is 16.4 Å². The van der Waals surface area contributed by atoms with E-state index in [2.05, 4.69) is 4.99 Å². The van der Waals surface area contributed by atoms with Gasteiger partial charge in [0, 0.05) is 18.2 Å². The molecular weight excluding hydrogens is 336 g/mol. The van der Waals surface area contributed by atoms with Crippen molar-refractivity contribution in [2.24, 2.45) is 4.99 Å². The van der Waals surface area contributed by atoms with Crippen LogP contribution in [0.3, 0.4) is 0 Å². The number of benzene rings is 1. The molecule has 4 N–H and O–H groups in total. The Bertz CT molecular complexity index is 838. The number of aromatic carboxylic acids is 1. The molecule has 1 aromatic carbocycles. The van der Waals surface area contributed by atoms with Gasteiger partial charge in [0.1, 0.15) is 17.1 Å². The number of oxazole rings is 1. The number of nitrogens with zero attached hydrogens (tertiary/aromatic N) is 3. The quantitative estimate of drug-likeness (QED) is 0.528. The van der Waals surface area contributed by atoms with Gasteiger partial charge in [-0.15, -0.1) is 0 Å². The van der Waals surface area contributed by atoms with Crippen molar-refractivity contribution in [1.29, 1.82) is 0 Å². The molecule has 2 aromatic rings. The Balaban J connectivity index is 2.02. The smallest absolute Gasteiger partial charge is 0.339 e. The Labute approximate surface area is 142 Å². The number of ether oxygens (including phenoxy) is 1. The van der Waals surface area contributed by atoms with Crippen LogP contribution in [0.15, 0.2) is 32.7 Å². The van der Waals surface area contributed by atoms with Crippen molar-refractivity contribution in [2.45, 2.75) is 5.09 Å². The zero-order valence-electron chi connectivity index (χ0n) is 12.5. The van der Waals surface area contributed by atoms with Crippen molar-refractivity contribution in [2.75, 3.05) is 37.0 Å². The van der Waals surface area contributed by atoms with Gasteiger partial charge in [0.05, 0.1) is 18.9 Å². The Hall–Kier alpha value is -2.72. The molecule has 128 valence electrons. The fourth-order valence-corrected chi connectivity index (χ4v) is 2.68. The van der Waals surface area contributed by atoms with Crippen LogP contribution in [0, 0.1) is 0 Å². The molecule has 0 saturated carbocycles. The second-order valence-corrected chi connectivity index (χ2v) is 5.45. The van der Waals surface area contributed by atoms with E-state index < -0.39 is 5.97 Å². The topological polar surface area (TPSA) is 126 Å². The van der Waals surface area contributed by atoms with E-state index in [0.717, 1.165) is 0 Å². The van der Waals surface area contributed by atoms with E-state index in [1.807, 2.05) is 4.90 Å². The maximum Gasteiger partial charge on any atom is 0.339 e. The fourth-order valence-electron chi connectivity index (χ4n) is 2.38. The summed E-state index contributed by atoms with van der Waals surface area (Å²) in [5.41, 5.74) is 0.0311. The van der Waals surface area contributed by atoms with Crippen LogP contribution in [-0.2, 0) is 17.4 Å². The average molecular weight is 351 g/mol. The van der Waals surface area contributed by atoms with Crippen LogP contribution in [0.4, 0.5) is 11.5 Å². The highest BCUT2D eigenvalue weighted by atomic mass is 32.1. The first-order chi connectivity index (χ1) is 11.5. The highest BCUT2D eigenvalue weighted by Gasteiger charge is 2.17. The third-order valence-corrected chi connectivity index (χ3v) is 3.81. The number of phenols is 1. The zero-order valence-corrected chi connectivity index (χ0v) is 13.3. The molecule has 2 heterocycles. The lowest BCUT2D eigenvalue weighted by Crippen LogP contribution is -2.40. The van der Waals surface area contributed by atoms with Gasteiger partial charge in [-0.1, -0.05) is 0 Å². The molecule has 1 aliphatic rings. The van der Waals surface area contributed by atoms with E-state index in [9.17, 15) is 9.90 Å². The number of carboxylic acid groups (broad SMARTS) is 1. The van der Waals surface area contributed by atoms with E-state index >= 15 is 0 Å². The van der Waals surface area contributed by atoms with E-state index in [0.29, 0.717) is 32.1 Å². The van der Waals surface area contributed by atoms with Gasteiger partial charge in [-0.3, -0.25) is 0 Å². The molecule has 0 unspecified atom stereocenters. The summed E-state index contributed by atoms with van der Waals surface area (Å²) in [5.74, 6) is 4.93. The molecule has 1 fully saturated rings. The molecule has 0 atom stereocenters. The molecule has 0 spiro atoms. The average Bonchev–Trinajstić information content (AvgIpc) is 2.83. The summed E-state index contributed by atoms with van der Waals surface area (Å²) in [6.45, 7) is 2.38. The molecule has 3 rings (SSSR count). The van der Waals surface area contributed by atoms with Gasteiger partial charge in [-0.2, -0.15) is 9.67 Å². The summed E-state index contributed by atoms with van der Waals surface area (Å²) in [6, 6.07) is 3.91. The number of aromatic hydroxyl groups is 1. The van der Waals surface area contributed by atoms with Gasteiger partial charge in [0.25, 0.3) is 0 Å². The summed E-state index contributed by atoms with van der Waals surface area (Å²) in [6.07, 6.45) is 0. The standard InChI is InChI=1S/C14H16N4O5S/c15-18-11(17-3-5-22-6-4-17)13(24)23-14(18)16-8-1-2-10(19)9(7-8)12(20)21/h1-2,7,19,24H,3-6,15H2,(H,20,21)/p-1. The largest absolute Gasteiger partial charge is 0.738 e. The molecule has 0 aliphatic carbocycles. The Morgan fingerprint density at radius 3 is 2.71 bits per heavy atom. The van der Waals surface area contributed by atoms with Crippen molar-refractivity contribution in [3.8, 4) is 5.75 Å². The summed E-state index contributed by atoms with van der Waals surface area (Å²) in [7, 11) is 0. The van der Waals surface area contributed by atoms with Crippen molar-refractivity contribution in [1.82, 2.24) is 4.68 Å². The van der Waals surface area contributed by atoms with Crippen molar-refractivity contribution >= 4 is 30.1 Å². The number of nitrogens with two attached hydrogens (primary N) is 1. The summed E-state index contributed by atoms with van der Waals surface area (Å²) in [4.78, 5) is 17.2. The number of carboxylic acids is 1. The minimum absolute atomic E-state index is 0.0310. The van der Waals surface area contributed by atoms with Gasteiger partial charge in [-0.05, 0) is 18.2 Å². The first-order valence-corrected chi connectivity index (χ1v) is 7.50. The molecule has 1 aliphatic heterocycles. The molecule has 1 saturated heterocycles. The molecular formula is C14H15N4O5S-. The molecule has 1 aromatic heterocycles. The number of anilines is 1. The van der Waals surface area contributed by atoms with Crippen LogP contribution >= 0.6 is 0 Å². The fraction of sp³-hybridized carbons (Fsp3) is 0.286. The normalized spacial score (nSPS) is 15.7. The van der Waals surface area contributed by atoms with E-state index in [1.54, 1.807) is 0 Å². The minimum atomic E-state index is -1.26. The molecule has 0 amide bonds. The second-order valence-electron chi connectivity index (χ2n) is 5.08. The number of aromatic nitrogens is 1. The van der Waals surface area contributed by atoms with Gasteiger partial charge in [-0.25, -0.2) is 4.79 Å². The van der Waals surface area contributed by atoms with Crippen LogP contribution in [0.1, 0.15) is 10.4 Å². The van der Waals surface area contributed by atoms with Crippen molar-refractivity contribution in [3.63, 3.8) is 0 Å². The first kappa shape index (κ1) is 16.1. The van der Waals surface area contributed by atoms with Gasteiger partial charge >= 0.3 is 11.7 Å². The number of hydrogen-bond donors (Lipinski definition) is 3. The molecule has 0 bridgehead atoms. The lowest BCUT2D eigenvalue weighted by Gasteiger charge is -2.29. The number of nitrogen functional groups attached to an aromatic ring is 1. The summed E-state index contributed by atoms with van der Waals surface area (Å²) in [5, 5.41) is 18.8. The molecule has 10 heteroatoms. The van der Waals surface area contributed by atoms with E-state index in [1.165, 1.54) is 22.9 Å². The predicted molar refractivity (Wildman–Crippen MR) is 85.8 cm³/mol. The van der Waals surface area contributed by atoms with Crippen LogP contribution in [0.25, 0.3) is 0 Å². The van der Waals surface area contributed by atoms with Crippen LogP contribution in [0.5, 0.6) is 5.75 Å². The van der Waals surface area contributed by atoms with E-state index in [-0.39, 0.29) is 27.8 Å². The van der Waals surface area contributed by atoms with Crippen LogP contribution in [-0.4, -0.2) is 47.2 Å². The summed E-state index contributed by atoms with van der Waals surface area (Å²) < 4.78 is 11.9. The maximum absolute atomic E-state index is 11.1. The number of hydrogen-bond acceptors (Lipinski definition) is 8. The van der Waals surface area contributed by atoms with Gasteiger partial charge < -0.3 is 42.7 Å². The Morgan fingerprint density at radius 2 is 2.04 bits per heavy atom. The number of rotatable bonds is 3. The SMILES string of the molecule is Nn1c(N2CCOCC2)c([S-])oc1=Nc1ccc(O)c(C(=O)O)c1.